The molecule has 0 aromatic heterocycles. The zero-order valence-electron chi connectivity index (χ0n) is 12.9. The molecule has 2 aliphatic rings. The third-order valence-electron chi connectivity index (χ3n) is 3.80. The molecule has 1 aromatic carbocycles. The molecule has 0 bridgehead atoms. The lowest BCUT2D eigenvalue weighted by atomic mass is 9.85. The average molecular weight is 310 g/mol. The number of para-hydroxylation sites is 2. The van der Waals surface area contributed by atoms with Gasteiger partial charge in [0.15, 0.2) is 0 Å². The van der Waals surface area contributed by atoms with Crippen molar-refractivity contribution in [2.75, 3.05) is 23.8 Å². The van der Waals surface area contributed by atoms with Gasteiger partial charge in [0.25, 0.3) is 0 Å². The maximum atomic E-state index is 5.54. The standard InChI is InChI=1S/C16H23N3O.ClH/c1-15(2,3)19-14-16(8-10-20-11-9-16)18-13-7-5-4-6-12(13)17-14;/h4-7,18H,8-11H2,1-3H3,(H,17,19);1H. The van der Waals surface area contributed by atoms with E-state index >= 15 is 0 Å². The quantitative estimate of drug-likeness (QED) is 0.768. The van der Waals surface area contributed by atoms with Crippen molar-refractivity contribution in [3.8, 4) is 0 Å². The number of benzene rings is 1. The Kier molecular flexibility index (Phi) is 4.49. The Labute approximate surface area is 132 Å². The summed E-state index contributed by atoms with van der Waals surface area (Å²) in [5.41, 5.74) is 2.05. The largest absolute Gasteiger partial charge is 0.381 e. The Balaban J connectivity index is 0.00000161. The monoisotopic (exact) mass is 309 g/mol. The molecule has 2 N–H and O–H groups in total. The van der Waals surface area contributed by atoms with E-state index in [0.29, 0.717) is 0 Å². The van der Waals surface area contributed by atoms with Gasteiger partial charge in [-0.15, -0.1) is 12.4 Å². The number of aliphatic imine (C=N–C) groups is 1. The molecule has 0 atom stereocenters. The van der Waals surface area contributed by atoms with E-state index in [9.17, 15) is 0 Å². The van der Waals surface area contributed by atoms with Crippen molar-refractivity contribution in [1.29, 1.82) is 0 Å². The second-order valence-electron chi connectivity index (χ2n) is 6.62. The number of hydrogen-bond acceptors (Lipinski definition) is 3. The van der Waals surface area contributed by atoms with E-state index in [0.717, 1.165) is 43.3 Å². The number of nitrogens with one attached hydrogen (secondary N) is 2. The van der Waals surface area contributed by atoms with E-state index in [-0.39, 0.29) is 23.5 Å². The van der Waals surface area contributed by atoms with Crippen LogP contribution in [-0.2, 0) is 4.74 Å². The molecular weight excluding hydrogens is 286 g/mol. The highest BCUT2D eigenvalue weighted by molar-refractivity contribution is 6.09. The van der Waals surface area contributed by atoms with Crippen LogP contribution in [0.2, 0.25) is 0 Å². The summed E-state index contributed by atoms with van der Waals surface area (Å²) in [5.74, 6) is 1.05. The van der Waals surface area contributed by atoms with Crippen LogP contribution in [0.25, 0.3) is 0 Å². The van der Waals surface area contributed by atoms with Crippen LogP contribution >= 0.6 is 12.4 Å². The summed E-state index contributed by atoms with van der Waals surface area (Å²) in [6.45, 7) is 7.96. The molecule has 0 unspecified atom stereocenters. The highest BCUT2D eigenvalue weighted by Gasteiger charge is 2.41. The first kappa shape index (κ1) is 16.1. The lowest BCUT2D eigenvalue weighted by Gasteiger charge is -2.44. The maximum Gasteiger partial charge on any atom is 0.127 e. The van der Waals surface area contributed by atoms with Crippen molar-refractivity contribution in [2.45, 2.75) is 44.7 Å². The Morgan fingerprint density at radius 2 is 1.71 bits per heavy atom. The van der Waals surface area contributed by atoms with Crippen molar-refractivity contribution >= 4 is 29.6 Å². The van der Waals surface area contributed by atoms with Crippen LogP contribution in [0.3, 0.4) is 0 Å². The molecular formula is C16H24ClN3O. The van der Waals surface area contributed by atoms with E-state index in [4.69, 9.17) is 9.73 Å². The smallest absolute Gasteiger partial charge is 0.127 e. The van der Waals surface area contributed by atoms with E-state index in [2.05, 4.69) is 49.6 Å². The molecule has 0 saturated carbocycles. The van der Waals surface area contributed by atoms with Crippen molar-refractivity contribution in [1.82, 2.24) is 0 Å². The molecule has 5 heteroatoms. The predicted octanol–water partition coefficient (Wildman–Crippen LogP) is 3.69. The molecule has 1 spiro atoms. The van der Waals surface area contributed by atoms with E-state index < -0.39 is 0 Å². The summed E-state index contributed by atoms with van der Waals surface area (Å²) in [6, 6.07) is 8.32. The van der Waals surface area contributed by atoms with Gasteiger partial charge < -0.3 is 15.4 Å². The normalized spacial score (nSPS) is 22.0. The molecule has 2 aliphatic heterocycles. The van der Waals surface area contributed by atoms with Crippen LogP contribution in [-0.4, -0.2) is 30.1 Å². The zero-order chi connectivity index (χ0) is 14.2. The summed E-state index contributed by atoms with van der Waals surface area (Å²) in [5, 5.41) is 7.26. The van der Waals surface area contributed by atoms with Gasteiger partial charge in [-0.05, 0) is 32.9 Å². The average Bonchev–Trinajstić information content (AvgIpc) is 2.39. The third-order valence-corrected chi connectivity index (χ3v) is 3.80. The minimum atomic E-state index is -0.111. The van der Waals surface area contributed by atoms with Crippen LogP contribution in [0.5, 0.6) is 0 Å². The molecule has 0 radical (unpaired) electrons. The number of hydrogen-bond donors (Lipinski definition) is 2. The van der Waals surface area contributed by atoms with Gasteiger partial charge in [0.1, 0.15) is 5.84 Å². The Hall–Kier alpha value is -1.26. The third kappa shape index (κ3) is 3.33. The van der Waals surface area contributed by atoms with Gasteiger partial charge in [0.2, 0.25) is 0 Å². The number of rotatable bonds is 0. The molecule has 21 heavy (non-hydrogen) atoms. The lowest BCUT2D eigenvalue weighted by molar-refractivity contribution is 0.0777. The second kappa shape index (κ2) is 5.85. The number of anilines is 2. The Morgan fingerprint density at radius 3 is 2.33 bits per heavy atom. The minimum absolute atomic E-state index is 0. The number of ether oxygens (including phenoxy) is 1. The molecule has 116 valence electrons. The minimum Gasteiger partial charge on any atom is -0.381 e. The summed E-state index contributed by atoms with van der Waals surface area (Å²) in [6.07, 6.45) is 1.90. The van der Waals surface area contributed by atoms with E-state index in [1.807, 2.05) is 6.07 Å². The molecule has 1 saturated heterocycles. The summed E-state index contributed by atoms with van der Waals surface area (Å²) in [7, 11) is 0. The van der Waals surface area contributed by atoms with Gasteiger partial charge in [-0.25, -0.2) is 0 Å². The van der Waals surface area contributed by atoms with Crippen molar-refractivity contribution < 1.29 is 4.74 Å². The van der Waals surface area contributed by atoms with Gasteiger partial charge in [-0.3, -0.25) is 4.99 Å². The number of nitrogens with zero attached hydrogens (tertiary/aromatic N) is 1. The van der Waals surface area contributed by atoms with Crippen LogP contribution in [0.4, 0.5) is 11.4 Å². The van der Waals surface area contributed by atoms with E-state index in [1.54, 1.807) is 0 Å². The summed E-state index contributed by atoms with van der Waals surface area (Å²) >= 11 is 0. The first-order chi connectivity index (χ1) is 9.49. The van der Waals surface area contributed by atoms with Gasteiger partial charge in [-0.2, -0.15) is 0 Å². The fraction of sp³-hybridized carbons (Fsp3) is 0.562. The Morgan fingerprint density at radius 1 is 1.10 bits per heavy atom. The van der Waals surface area contributed by atoms with Crippen molar-refractivity contribution in [2.24, 2.45) is 4.99 Å². The molecule has 0 amide bonds. The fourth-order valence-corrected chi connectivity index (χ4v) is 2.82. The van der Waals surface area contributed by atoms with Gasteiger partial charge in [-0.1, -0.05) is 12.1 Å². The topological polar surface area (TPSA) is 45.7 Å². The van der Waals surface area contributed by atoms with Crippen LogP contribution in [0.1, 0.15) is 33.6 Å². The first-order valence-electron chi connectivity index (χ1n) is 7.31. The second-order valence-corrected chi connectivity index (χ2v) is 6.62. The maximum absolute atomic E-state index is 5.54. The summed E-state index contributed by atoms with van der Waals surface area (Å²) < 4.78 is 5.54. The Bertz CT molecular complexity index is 531. The van der Waals surface area contributed by atoms with Crippen LogP contribution in [0, 0.1) is 0 Å². The van der Waals surface area contributed by atoms with Gasteiger partial charge >= 0.3 is 0 Å². The SMILES string of the molecule is CC(C)(C)N=C1Nc2ccccc2NC12CCOCC2.Cl. The van der Waals surface area contributed by atoms with Gasteiger partial charge in [0, 0.05) is 26.1 Å². The number of fused-ring (bicyclic) bond motifs is 1. The molecule has 1 fully saturated rings. The number of amidine groups is 1. The zero-order valence-corrected chi connectivity index (χ0v) is 13.7. The number of halogens is 1. The van der Waals surface area contributed by atoms with Crippen LogP contribution < -0.4 is 10.6 Å². The highest BCUT2D eigenvalue weighted by atomic mass is 35.5. The van der Waals surface area contributed by atoms with Crippen molar-refractivity contribution in [3.63, 3.8) is 0 Å². The molecule has 2 heterocycles. The predicted molar refractivity (Wildman–Crippen MR) is 90.9 cm³/mol. The van der Waals surface area contributed by atoms with E-state index in [1.165, 1.54) is 0 Å². The first-order valence-corrected chi connectivity index (χ1v) is 7.31. The molecule has 4 nitrogen and oxygen atoms in total. The summed E-state index contributed by atoms with van der Waals surface area (Å²) in [4.78, 5) is 4.93. The molecule has 0 aliphatic carbocycles. The fourth-order valence-electron chi connectivity index (χ4n) is 2.82. The van der Waals surface area contributed by atoms with Crippen molar-refractivity contribution in [3.05, 3.63) is 24.3 Å². The molecule has 1 aromatic rings. The van der Waals surface area contributed by atoms with Crippen LogP contribution in [0.15, 0.2) is 29.3 Å². The molecule has 3 rings (SSSR count). The van der Waals surface area contributed by atoms with Gasteiger partial charge in [0.05, 0.1) is 22.5 Å². The highest BCUT2D eigenvalue weighted by Crippen LogP contribution is 2.37. The lowest BCUT2D eigenvalue weighted by Crippen LogP contribution is -2.56.